The minimum Gasteiger partial charge on any atom is -0.465 e. The lowest BCUT2D eigenvalue weighted by molar-refractivity contribution is 0.0601. The zero-order valence-electron chi connectivity index (χ0n) is 14.2. The summed E-state index contributed by atoms with van der Waals surface area (Å²) in [6.07, 6.45) is 5.51. The fourth-order valence-corrected chi connectivity index (χ4v) is 2.32. The second kappa shape index (κ2) is 7.48. The van der Waals surface area contributed by atoms with Crippen LogP contribution in [0.15, 0.2) is 59.9 Å². The van der Waals surface area contributed by atoms with Gasteiger partial charge in [-0.05, 0) is 30.3 Å². The number of nitrogens with zero attached hydrogens (tertiary/aromatic N) is 3. The lowest BCUT2D eigenvalue weighted by atomic mass is 10.1. The number of carbonyl (C=O) groups is 2. The molecule has 1 aromatic carbocycles. The molecule has 27 heavy (non-hydrogen) atoms. The monoisotopic (exact) mass is 365 g/mol. The van der Waals surface area contributed by atoms with Gasteiger partial charge in [0.25, 0.3) is 5.56 Å². The van der Waals surface area contributed by atoms with E-state index < -0.39 is 17.6 Å². The molecule has 136 valence electrons. The van der Waals surface area contributed by atoms with Crippen LogP contribution >= 0.6 is 0 Å². The van der Waals surface area contributed by atoms with E-state index in [0.29, 0.717) is 11.3 Å². The largest absolute Gasteiger partial charge is 0.465 e. The number of nitrogens with two attached hydrogens (primary N) is 1. The van der Waals surface area contributed by atoms with Crippen LogP contribution in [-0.2, 0) is 4.74 Å². The second-order valence-electron chi connectivity index (χ2n) is 5.44. The Kier molecular flexibility index (Phi) is 4.93. The number of benzene rings is 1. The molecule has 0 aliphatic rings. The number of hydrogen-bond donors (Lipinski definition) is 2. The Balaban J connectivity index is 1.93. The highest BCUT2D eigenvalue weighted by molar-refractivity contribution is 5.97. The van der Waals surface area contributed by atoms with Crippen LogP contribution in [-0.4, -0.2) is 33.6 Å². The molecule has 1 amide bonds. The van der Waals surface area contributed by atoms with E-state index in [9.17, 15) is 14.4 Å². The van der Waals surface area contributed by atoms with Crippen molar-refractivity contribution >= 4 is 23.4 Å². The summed E-state index contributed by atoms with van der Waals surface area (Å²) in [4.78, 5) is 44.2. The molecule has 3 rings (SSSR count). The van der Waals surface area contributed by atoms with Crippen molar-refractivity contribution in [3.63, 3.8) is 0 Å². The Hall–Kier alpha value is -4.01. The number of nitrogen functional groups attached to an aromatic ring is 1. The van der Waals surface area contributed by atoms with Crippen LogP contribution in [0.1, 0.15) is 10.4 Å². The molecule has 0 fully saturated rings. The Morgan fingerprint density at radius 1 is 1.19 bits per heavy atom. The SMILES string of the molecule is COC(=O)c1ccc(N)c(NC(=O)n2cc(-c3ccncc3)ncc2=O)c1. The van der Waals surface area contributed by atoms with E-state index in [-0.39, 0.29) is 16.9 Å². The van der Waals surface area contributed by atoms with Crippen molar-refractivity contribution in [2.45, 2.75) is 0 Å². The van der Waals surface area contributed by atoms with Gasteiger partial charge in [-0.1, -0.05) is 0 Å². The predicted octanol–water partition coefficient (Wildman–Crippen LogP) is 1.75. The van der Waals surface area contributed by atoms with Gasteiger partial charge in [0.1, 0.15) is 0 Å². The minimum absolute atomic E-state index is 0.178. The third-order valence-electron chi connectivity index (χ3n) is 3.71. The smallest absolute Gasteiger partial charge is 0.337 e. The van der Waals surface area contributed by atoms with E-state index >= 15 is 0 Å². The van der Waals surface area contributed by atoms with Crippen molar-refractivity contribution in [1.82, 2.24) is 14.5 Å². The maximum atomic E-state index is 12.6. The highest BCUT2D eigenvalue weighted by Crippen LogP contribution is 2.21. The van der Waals surface area contributed by atoms with Crippen LogP contribution in [0.5, 0.6) is 0 Å². The van der Waals surface area contributed by atoms with Gasteiger partial charge in [-0.15, -0.1) is 0 Å². The number of esters is 1. The Labute approximate surface area is 153 Å². The number of ether oxygens (including phenoxy) is 1. The number of nitrogens with one attached hydrogen (secondary N) is 1. The summed E-state index contributed by atoms with van der Waals surface area (Å²) >= 11 is 0. The summed E-state index contributed by atoms with van der Waals surface area (Å²) in [7, 11) is 1.24. The van der Waals surface area contributed by atoms with Crippen LogP contribution in [0.25, 0.3) is 11.3 Å². The van der Waals surface area contributed by atoms with Gasteiger partial charge in [0.2, 0.25) is 0 Å². The summed E-state index contributed by atoms with van der Waals surface area (Å²) in [6, 6.07) is 6.96. The molecular formula is C18H15N5O4. The second-order valence-corrected chi connectivity index (χ2v) is 5.44. The first kappa shape index (κ1) is 17.8. The standard InChI is InChI=1S/C18H15N5O4/c1-27-17(25)12-2-3-13(19)14(8-12)22-18(26)23-10-15(21-9-16(23)24)11-4-6-20-7-5-11/h2-10H,19H2,1H3,(H,22,26). The molecule has 9 heteroatoms. The first-order valence-corrected chi connectivity index (χ1v) is 7.78. The summed E-state index contributed by atoms with van der Waals surface area (Å²) < 4.78 is 5.51. The maximum Gasteiger partial charge on any atom is 0.337 e. The Morgan fingerprint density at radius 2 is 1.93 bits per heavy atom. The molecule has 0 atom stereocenters. The van der Waals surface area contributed by atoms with Crippen molar-refractivity contribution in [2.24, 2.45) is 0 Å². The average Bonchev–Trinajstić information content (AvgIpc) is 2.70. The number of aromatic nitrogens is 3. The summed E-state index contributed by atoms with van der Waals surface area (Å²) in [5.74, 6) is -0.577. The van der Waals surface area contributed by atoms with Gasteiger partial charge in [0.05, 0.1) is 35.9 Å². The molecular weight excluding hydrogens is 350 g/mol. The van der Waals surface area contributed by atoms with Crippen molar-refractivity contribution in [1.29, 1.82) is 0 Å². The Bertz CT molecular complexity index is 1060. The molecule has 0 aliphatic heterocycles. The fourth-order valence-electron chi connectivity index (χ4n) is 2.32. The highest BCUT2D eigenvalue weighted by atomic mass is 16.5. The van der Waals surface area contributed by atoms with Crippen molar-refractivity contribution in [2.75, 3.05) is 18.2 Å². The molecule has 0 saturated heterocycles. The summed E-state index contributed by atoms with van der Waals surface area (Å²) in [5, 5.41) is 2.52. The van der Waals surface area contributed by atoms with E-state index in [1.807, 2.05) is 0 Å². The van der Waals surface area contributed by atoms with Gasteiger partial charge in [0.15, 0.2) is 0 Å². The number of rotatable bonds is 3. The van der Waals surface area contributed by atoms with Gasteiger partial charge in [-0.3, -0.25) is 9.78 Å². The molecule has 9 nitrogen and oxygen atoms in total. The average molecular weight is 365 g/mol. The normalized spacial score (nSPS) is 10.3. The quantitative estimate of drug-likeness (QED) is 0.534. The molecule has 2 aromatic heterocycles. The minimum atomic E-state index is -0.744. The molecule has 0 bridgehead atoms. The maximum absolute atomic E-state index is 12.6. The van der Waals surface area contributed by atoms with Crippen LogP contribution in [0.4, 0.5) is 16.2 Å². The summed E-state index contributed by atoms with van der Waals surface area (Å²) in [5.41, 5.74) is 6.96. The fraction of sp³-hybridized carbons (Fsp3) is 0.0556. The lowest BCUT2D eigenvalue weighted by Crippen LogP contribution is -2.31. The van der Waals surface area contributed by atoms with Crippen LogP contribution < -0.4 is 16.6 Å². The number of carbonyl (C=O) groups excluding carboxylic acids is 2. The molecule has 0 spiro atoms. The Morgan fingerprint density at radius 3 is 2.63 bits per heavy atom. The molecule has 0 saturated carbocycles. The van der Waals surface area contributed by atoms with Gasteiger partial charge in [-0.25, -0.2) is 19.1 Å². The van der Waals surface area contributed by atoms with Crippen LogP contribution in [0.3, 0.4) is 0 Å². The van der Waals surface area contributed by atoms with Gasteiger partial charge < -0.3 is 15.8 Å². The first-order valence-electron chi connectivity index (χ1n) is 7.78. The van der Waals surface area contributed by atoms with Crippen LogP contribution in [0.2, 0.25) is 0 Å². The van der Waals surface area contributed by atoms with E-state index in [1.54, 1.807) is 24.5 Å². The molecule has 2 heterocycles. The van der Waals surface area contributed by atoms with Crippen LogP contribution in [0, 0.1) is 0 Å². The highest BCUT2D eigenvalue weighted by Gasteiger charge is 2.14. The molecule has 0 unspecified atom stereocenters. The number of anilines is 2. The van der Waals surface area contributed by atoms with Crippen molar-refractivity contribution in [3.05, 3.63) is 71.0 Å². The summed E-state index contributed by atoms with van der Waals surface area (Å²) in [6.45, 7) is 0. The van der Waals surface area contributed by atoms with Crippen molar-refractivity contribution in [3.8, 4) is 11.3 Å². The number of methoxy groups -OCH3 is 1. The van der Waals surface area contributed by atoms with E-state index in [1.165, 1.54) is 31.5 Å². The van der Waals surface area contributed by atoms with E-state index in [0.717, 1.165) is 10.8 Å². The third-order valence-corrected chi connectivity index (χ3v) is 3.71. The first-order chi connectivity index (χ1) is 13.0. The van der Waals surface area contributed by atoms with Gasteiger partial charge >= 0.3 is 12.0 Å². The van der Waals surface area contributed by atoms with E-state index in [4.69, 9.17) is 5.73 Å². The third kappa shape index (κ3) is 3.82. The lowest BCUT2D eigenvalue weighted by Gasteiger charge is -2.11. The molecule has 3 aromatic rings. The topological polar surface area (TPSA) is 129 Å². The number of hydrogen-bond acceptors (Lipinski definition) is 7. The molecule has 0 aliphatic carbocycles. The zero-order chi connectivity index (χ0) is 19.4. The van der Waals surface area contributed by atoms with Gasteiger partial charge in [-0.2, -0.15) is 0 Å². The molecule has 0 radical (unpaired) electrons. The number of amides is 1. The molecule has 3 N–H and O–H groups in total. The van der Waals surface area contributed by atoms with E-state index in [2.05, 4.69) is 20.0 Å². The predicted molar refractivity (Wildman–Crippen MR) is 98.3 cm³/mol. The zero-order valence-corrected chi connectivity index (χ0v) is 14.2. The number of pyridine rings is 1. The van der Waals surface area contributed by atoms with Gasteiger partial charge in [0, 0.05) is 24.2 Å². The van der Waals surface area contributed by atoms with Crippen molar-refractivity contribution < 1.29 is 14.3 Å².